The summed E-state index contributed by atoms with van der Waals surface area (Å²) in [4.78, 5) is 24.9. The van der Waals surface area contributed by atoms with Crippen LogP contribution in [0.4, 0.5) is 0 Å². The van der Waals surface area contributed by atoms with E-state index in [1.807, 2.05) is 22.6 Å². The van der Waals surface area contributed by atoms with Crippen molar-refractivity contribution in [2.45, 2.75) is 19.4 Å². The summed E-state index contributed by atoms with van der Waals surface area (Å²) < 4.78 is 0.715. The van der Waals surface area contributed by atoms with Gasteiger partial charge in [0, 0.05) is 31.6 Å². The van der Waals surface area contributed by atoms with Crippen LogP contribution in [0.1, 0.15) is 23.7 Å². The second kappa shape index (κ2) is 5.77. The molecular formula is C13H15IN2O3. The molecule has 19 heavy (non-hydrogen) atoms. The number of carbonyl (C=O) groups excluding carboxylic acids is 2. The van der Waals surface area contributed by atoms with Crippen molar-refractivity contribution in [3.05, 3.63) is 27.3 Å². The number of hydrogen-bond donors (Lipinski definition) is 2. The van der Waals surface area contributed by atoms with Crippen molar-refractivity contribution in [2.24, 2.45) is 0 Å². The highest BCUT2D eigenvalue weighted by Crippen LogP contribution is 2.22. The molecule has 1 fully saturated rings. The van der Waals surface area contributed by atoms with E-state index in [-0.39, 0.29) is 23.6 Å². The Balaban J connectivity index is 2.04. The number of nitrogens with zero attached hydrogens (tertiary/aromatic N) is 1. The number of phenolic OH excluding ortho intramolecular Hbond substituents is 1. The summed E-state index contributed by atoms with van der Waals surface area (Å²) in [5, 5.41) is 12.4. The number of hydrogen-bond acceptors (Lipinski definition) is 3. The van der Waals surface area contributed by atoms with Crippen molar-refractivity contribution < 1.29 is 14.7 Å². The van der Waals surface area contributed by atoms with Crippen LogP contribution >= 0.6 is 22.6 Å². The Morgan fingerprint density at radius 2 is 2.21 bits per heavy atom. The fraction of sp³-hybridized carbons (Fsp3) is 0.385. The lowest BCUT2D eigenvalue weighted by Gasteiger charge is -2.17. The van der Waals surface area contributed by atoms with E-state index in [0.717, 1.165) is 6.42 Å². The number of amides is 2. The quantitative estimate of drug-likeness (QED) is 0.768. The number of likely N-dealkylation sites (tertiary alicyclic amines) is 1. The van der Waals surface area contributed by atoms with E-state index < -0.39 is 0 Å². The molecule has 0 aromatic heterocycles. The first-order chi connectivity index (χ1) is 8.97. The van der Waals surface area contributed by atoms with Gasteiger partial charge in [-0.25, -0.2) is 0 Å². The summed E-state index contributed by atoms with van der Waals surface area (Å²) in [7, 11) is 0. The Kier molecular flexibility index (Phi) is 4.28. The normalized spacial score (nSPS) is 18.4. The van der Waals surface area contributed by atoms with E-state index in [1.165, 1.54) is 13.0 Å². The maximum absolute atomic E-state index is 12.2. The number of phenols is 1. The van der Waals surface area contributed by atoms with Crippen molar-refractivity contribution in [2.75, 3.05) is 13.1 Å². The predicted octanol–water partition coefficient (Wildman–Crippen LogP) is 1.35. The zero-order valence-electron chi connectivity index (χ0n) is 10.5. The molecule has 2 rings (SSSR count). The number of benzene rings is 1. The van der Waals surface area contributed by atoms with E-state index in [2.05, 4.69) is 5.32 Å². The summed E-state index contributed by atoms with van der Waals surface area (Å²) in [6.07, 6.45) is 0.766. The minimum absolute atomic E-state index is 0.0268. The Labute approximate surface area is 125 Å². The van der Waals surface area contributed by atoms with E-state index >= 15 is 0 Å². The number of nitrogens with one attached hydrogen (secondary N) is 1. The van der Waals surface area contributed by atoms with Gasteiger partial charge in [-0.2, -0.15) is 0 Å². The van der Waals surface area contributed by atoms with E-state index in [0.29, 0.717) is 22.2 Å². The molecule has 1 heterocycles. The van der Waals surface area contributed by atoms with Gasteiger partial charge in [0.25, 0.3) is 5.91 Å². The minimum Gasteiger partial charge on any atom is -0.507 e. The summed E-state index contributed by atoms with van der Waals surface area (Å²) in [5.74, 6) is -0.0742. The Morgan fingerprint density at radius 1 is 1.47 bits per heavy atom. The molecule has 1 aromatic carbocycles. The van der Waals surface area contributed by atoms with Gasteiger partial charge in [0.2, 0.25) is 5.91 Å². The van der Waals surface area contributed by atoms with Gasteiger partial charge in [-0.3, -0.25) is 9.59 Å². The van der Waals surface area contributed by atoms with E-state index in [1.54, 1.807) is 17.0 Å². The minimum atomic E-state index is -0.112. The molecule has 1 aromatic rings. The number of halogens is 1. The molecule has 0 bridgehead atoms. The molecule has 1 saturated heterocycles. The SMILES string of the molecule is CC(=O)NC1CCN(C(=O)c2ccc(I)c(O)c2)C1. The first kappa shape index (κ1) is 14.1. The second-order valence-corrected chi connectivity index (χ2v) is 5.77. The molecule has 0 aliphatic carbocycles. The number of rotatable bonds is 2. The lowest BCUT2D eigenvalue weighted by atomic mass is 10.2. The molecule has 0 spiro atoms. The molecule has 102 valence electrons. The standard InChI is InChI=1S/C13H15IN2O3/c1-8(17)15-10-4-5-16(7-10)13(19)9-2-3-11(14)12(18)6-9/h2-3,6,10,18H,4-5,7H2,1H3,(H,15,17). The third-order valence-electron chi connectivity index (χ3n) is 3.08. The lowest BCUT2D eigenvalue weighted by molar-refractivity contribution is -0.119. The number of carbonyl (C=O) groups is 2. The zero-order chi connectivity index (χ0) is 14.0. The highest BCUT2D eigenvalue weighted by Gasteiger charge is 2.27. The maximum Gasteiger partial charge on any atom is 0.254 e. The van der Waals surface area contributed by atoms with Gasteiger partial charge in [-0.05, 0) is 47.2 Å². The molecule has 0 radical (unpaired) electrons. The van der Waals surface area contributed by atoms with Gasteiger partial charge in [-0.15, -0.1) is 0 Å². The van der Waals surface area contributed by atoms with Crippen LogP contribution in [-0.4, -0.2) is 41.0 Å². The van der Waals surface area contributed by atoms with Gasteiger partial charge in [0.15, 0.2) is 0 Å². The van der Waals surface area contributed by atoms with Crippen LogP contribution in [0.3, 0.4) is 0 Å². The summed E-state index contributed by atoms with van der Waals surface area (Å²) in [5.41, 5.74) is 0.474. The van der Waals surface area contributed by atoms with Crippen LogP contribution in [0.2, 0.25) is 0 Å². The highest BCUT2D eigenvalue weighted by atomic mass is 127. The lowest BCUT2D eigenvalue weighted by Crippen LogP contribution is -2.37. The van der Waals surface area contributed by atoms with Gasteiger partial charge >= 0.3 is 0 Å². The fourth-order valence-electron chi connectivity index (χ4n) is 2.18. The van der Waals surface area contributed by atoms with E-state index in [4.69, 9.17) is 0 Å². The first-order valence-corrected chi connectivity index (χ1v) is 7.10. The molecule has 1 aliphatic rings. The summed E-state index contributed by atoms with van der Waals surface area (Å²) in [6.45, 7) is 2.61. The highest BCUT2D eigenvalue weighted by molar-refractivity contribution is 14.1. The van der Waals surface area contributed by atoms with Crippen LogP contribution in [0.25, 0.3) is 0 Å². The summed E-state index contributed by atoms with van der Waals surface area (Å²) in [6, 6.07) is 4.93. The number of aromatic hydroxyl groups is 1. The predicted molar refractivity (Wildman–Crippen MR) is 78.9 cm³/mol. The molecule has 5 nitrogen and oxygen atoms in total. The molecule has 1 atom stereocenters. The van der Waals surface area contributed by atoms with E-state index in [9.17, 15) is 14.7 Å². The van der Waals surface area contributed by atoms with Gasteiger partial charge in [0.05, 0.1) is 3.57 Å². The van der Waals surface area contributed by atoms with Crippen LogP contribution < -0.4 is 5.32 Å². The molecule has 0 saturated carbocycles. The fourth-order valence-corrected chi connectivity index (χ4v) is 2.51. The molecule has 2 N–H and O–H groups in total. The largest absolute Gasteiger partial charge is 0.507 e. The van der Waals surface area contributed by atoms with Crippen LogP contribution in [0.5, 0.6) is 5.75 Å². The van der Waals surface area contributed by atoms with Crippen LogP contribution in [0, 0.1) is 3.57 Å². The van der Waals surface area contributed by atoms with Gasteiger partial charge in [0.1, 0.15) is 5.75 Å². The zero-order valence-corrected chi connectivity index (χ0v) is 12.7. The molecule has 1 unspecified atom stereocenters. The molecule has 2 amide bonds. The topological polar surface area (TPSA) is 69.6 Å². The van der Waals surface area contributed by atoms with Crippen molar-refractivity contribution in [3.8, 4) is 5.75 Å². The first-order valence-electron chi connectivity index (χ1n) is 6.02. The average molecular weight is 374 g/mol. The Bertz CT molecular complexity index is 519. The van der Waals surface area contributed by atoms with Crippen molar-refractivity contribution in [3.63, 3.8) is 0 Å². The Hall–Kier alpha value is -1.31. The maximum atomic E-state index is 12.2. The molecular weight excluding hydrogens is 359 g/mol. The van der Waals surface area contributed by atoms with Crippen molar-refractivity contribution >= 4 is 34.4 Å². The second-order valence-electron chi connectivity index (χ2n) is 4.60. The average Bonchev–Trinajstić information content (AvgIpc) is 2.79. The third-order valence-corrected chi connectivity index (χ3v) is 3.99. The Morgan fingerprint density at radius 3 is 2.84 bits per heavy atom. The van der Waals surface area contributed by atoms with Crippen LogP contribution in [-0.2, 0) is 4.79 Å². The van der Waals surface area contributed by atoms with Crippen LogP contribution in [0.15, 0.2) is 18.2 Å². The summed E-state index contributed by atoms with van der Waals surface area (Å²) >= 11 is 2.01. The van der Waals surface area contributed by atoms with Gasteiger partial charge < -0.3 is 15.3 Å². The monoisotopic (exact) mass is 374 g/mol. The molecule has 1 aliphatic heterocycles. The smallest absolute Gasteiger partial charge is 0.254 e. The van der Waals surface area contributed by atoms with Crippen molar-refractivity contribution in [1.29, 1.82) is 0 Å². The van der Waals surface area contributed by atoms with Crippen molar-refractivity contribution in [1.82, 2.24) is 10.2 Å². The molecule has 6 heteroatoms. The third kappa shape index (κ3) is 3.37. The van der Waals surface area contributed by atoms with Gasteiger partial charge in [-0.1, -0.05) is 0 Å².